The van der Waals surface area contributed by atoms with Crippen molar-refractivity contribution in [3.63, 3.8) is 0 Å². The molecule has 1 N–H and O–H groups in total. The van der Waals surface area contributed by atoms with Crippen molar-refractivity contribution in [2.75, 3.05) is 17.1 Å². The Balaban J connectivity index is 2.21. The first-order chi connectivity index (χ1) is 12.5. The molecule has 7 heteroatoms. The molecule has 0 radical (unpaired) electrons. The Morgan fingerprint density at radius 3 is 2.30 bits per heavy atom. The number of carbonyl (C=O) groups is 1. The van der Waals surface area contributed by atoms with Gasteiger partial charge in [0.1, 0.15) is 6.54 Å². The van der Waals surface area contributed by atoms with E-state index in [0.717, 1.165) is 27.3 Å². The summed E-state index contributed by atoms with van der Waals surface area (Å²) in [5, 5.41) is 3.28. The van der Waals surface area contributed by atoms with Gasteiger partial charge in [0.15, 0.2) is 0 Å². The van der Waals surface area contributed by atoms with Crippen LogP contribution in [-0.4, -0.2) is 27.1 Å². The van der Waals surface area contributed by atoms with Crippen molar-refractivity contribution in [2.45, 2.75) is 33.7 Å². The highest BCUT2D eigenvalue weighted by atomic mass is 35.5. The first kappa shape index (κ1) is 21.3. The minimum absolute atomic E-state index is 0.237. The third-order valence-corrected chi connectivity index (χ3v) is 5.90. The molecule has 146 valence electrons. The molecule has 0 unspecified atom stereocenters. The number of sulfonamides is 1. The molecule has 0 aromatic heterocycles. The van der Waals surface area contributed by atoms with Crippen LogP contribution in [0.25, 0.3) is 0 Å². The first-order valence-electron chi connectivity index (χ1n) is 8.59. The van der Waals surface area contributed by atoms with Gasteiger partial charge in [-0.05, 0) is 62.1 Å². The quantitative estimate of drug-likeness (QED) is 0.787. The number of rotatable bonds is 6. The maximum absolute atomic E-state index is 12.6. The van der Waals surface area contributed by atoms with Gasteiger partial charge in [0.05, 0.1) is 18.0 Å². The molecule has 0 aliphatic rings. The Hall–Kier alpha value is -2.05. The van der Waals surface area contributed by atoms with Crippen LogP contribution in [0.15, 0.2) is 36.4 Å². The van der Waals surface area contributed by atoms with Gasteiger partial charge in [0.25, 0.3) is 0 Å². The van der Waals surface area contributed by atoms with E-state index in [9.17, 15) is 13.2 Å². The van der Waals surface area contributed by atoms with E-state index in [1.54, 1.807) is 25.1 Å². The van der Waals surface area contributed by atoms with Crippen LogP contribution in [-0.2, 0) is 14.8 Å². The predicted octanol–water partition coefficient (Wildman–Crippen LogP) is 3.91. The monoisotopic (exact) mass is 408 g/mol. The smallest absolute Gasteiger partial charge is 0.241 e. The van der Waals surface area contributed by atoms with Crippen LogP contribution in [0, 0.1) is 20.8 Å². The number of amides is 1. The van der Waals surface area contributed by atoms with Gasteiger partial charge in [-0.1, -0.05) is 35.9 Å². The van der Waals surface area contributed by atoms with E-state index in [2.05, 4.69) is 5.32 Å². The molecule has 2 aromatic carbocycles. The Bertz CT molecular complexity index is 958. The molecule has 0 bridgehead atoms. The normalized spacial score (nSPS) is 12.5. The van der Waals surface area contributed by atoms with Crippen molar-refractivity contribution >= 4 is 33.2 Å². The van der Waals surface area contributed by atoms with E-state index in [-0.39, 0.29) is 18.5 Å². The highest BCUT2D eigenvalue weighted by Crippen LogP contribution is 2.26. The number of nitrogens with one attached hydrogen (secondary N) is 1. The van der Waals surface area contributed by atoms with Crippen molar-refractivity contribution in [2.24, 2.45) is 0 Å². The number of carbonyl (C=O) groups excluding carboxylic acids is 1. The Kier molecular flexibility index (Phi) is 6.54. The molecule has 5 nitrogen and oxygen atoms in total. The highest BCUT2D eigenvalue weighted by molar-refractivity contribution is 7.92. The number of anilines is 1. The second-order valence-corrected chi connectivity index (χ2v) is 9.18. The lowest BCUT2D eigenvalue weighted by atomic mass is 10.0. The van der Waals surface area contributed by atoms with Crippen molar-refractivity contribution in [1.82, 2.24) is 5.32 Å². The lowest BCUT2D eigenvalue weighted by Gasteiger charge is -2.25. The summed E-state index contributed by atoms with van der Waals surface area (Å²) in [6.45, 7) is 7.38. The zero-order chi connectivity index (χ0) is 20.4. The van der Waals surface area contributed by atoms with Crippen LogP contribution in [0.5, 0.6) is 0 Å². The van der Waals surface area contributed by atoms with E-state index in [1.807, 2.05) is 39.0 Å². The van der Waals surface area contributed by atoms with Gasteiger partial charge < -0.3 is 5.32 Å². The summed E-state index contributed by atoms with van der Waals surface area (Å²) in [7, 11) is -3.65. The summed E-state index contributed by atoms with van der Waals surface area (Å²) < 4.78 is 25.6. The summed E-state index contributed by atoms with van der Waals surface area (Å²) in [5.41, 5.74) is 4.41. The number of halogens is 1. The number of aryl methyl sites for hydroxylation is 3. The standard InChI is InChI=1S/C20H25ClN2O3S/c1-13-6-8-17(10-15(13)3)16(4)22-20(24)12-23(27(5,25)26)19-11-18(21)9-7-14(19)2/h6-11,16H,12H2,1-5H3,(H,22,24)/t16-/m0/s1. The Morgan fingerprint density at radius 1 is 1.07 bits per heavy atom. The number of hydrogen-bond donors (Lipinski definition) is 1. The molecule has 2 aromatic rings. The van der Waals surface area contributed by atoms with E-state index >= 15 is 0 Å². The molecule has 0 heterocycles. The lowest BCUT2D eigenvalue weighted by Crippen LogP contribution is -2.41. The van der Waals surface area contributed by atoms with E-state index in [1.165, 1.54) is 5.56 Å². The molecular weight excluding hydrogens is 384 g/mol. The molecule has 1 amide bonds. The third-order valence-electron chi connectivity index (χ3n) is 4.54. The second-order valence-electron chi connectivity index (χ2n) is 6.83. The maximum Gasteiger partial charge on any atom is 0.241 e. The summed E-state index contributed by atoms with van der Waals surface area (Å²) >= 11 is 6.02. The minimum Gasteiger partial charge on any atom is -0.348 e. The molecule has 0 saturated carbocycles. The largest absolute Gasteiger partial charge is 0.348 e. The Labute approximate surface area is 166 Å². The molecule has 0 aliphatic carbocycles. The summed E-state index contributed by atoms with van der Waals surface area (Å²) in [6, 6.07) is 10.7. The first-order valence-corrected chi connectivity index (χ1v) is 10.8. The predicted molar refractivity (Wildman–Crippen MR) is 111 cm³/mol. The van der Waals surface area contributed by atoms with E-state index in [4.69, 9.17) is 11.6 Å². The van der Waals surface area contributed by atoms with Gasteiger partial charge in [-0.15, -0.1) is 0 Å². The van der Waals surface area contributed by atoms with Gasteiger partial charge >= 0.3 is 0 Å². The average Bonchev–Trinajstić information content (AvgIpc) is 2.56. The van der Waals surface area contributed by atoms with E-state index < -0.39 is 10.0 Å². The average molecular weight is 409 g/mol. The zero-order valence-electron chi connectivity index (χ0n) is 16.2. The maximum atomic E-state index is 12.6. The van der Waals surface area contributed by atoms with Crippen LogP contribution in [0.4, 0.5) is 5.69 Å². The van der Waals surface area contributed by atoms with E-state index in [0.29, 0.717) is 10.7 Å². The fourth-order valence-electron chi connectivity index (χ4n) is 2.77. The molecule has 27 heavy (non-hydrogen) atoms. The molecular formula is C20H25ClN2O3S. The van der Waals surface area contributed by atoms with Gasteiger partial charge in [0, 0.05) is 5.02 Å². The van der Waals surface area contributed by atoms with Crippen LogP contribution in [0.1, 0.15) is 35.2 Å². The fourth-order valence-corrected chi connectivity index (χ4v) is 3.84. The third kappa shape index (κ3) is 5.47. The minimum atomic E-state index is -3.65. The fraction of sp³-hybridized carbons (Fsp3) is 0.350. The zero-order valence-corrected chi connectivity index (χ0v) is 17.8. The van der Waals surface area contributed by atoms with Crippen LogP contribution in [0.2, 0.25) is 5.02 Å². The topological polar surface area (TPSA) is 66.5 Å². The van der Waals surface area contributed by atoms with Crippen molar-refractivity contribution < 1.29 is 13.2 Å². The van der Waals surface area contributed by atoms with Crippen molar-refractivity contribution in [1.29, 1.82) is 0 Å². The van der Waals surface area contributed by atoms with Crippen molar-refractivity contribution in [3.8, 4) is 0 Å². The SMILES string of the molecule is Cc1ccc([C@H](C)NC(=O)CN(c2cc(Cl)ccc2C)S(C)(=O)=O)cc1C. The second kappa shape index (κ2) is 8.31. The highest BCUT2D eigenvalue weighted by Gasteiger charge is 2.23. The van der Waals surface area contributed by atoms with Crippen LogP contribution >= 0.6 is 11.6 Å². The van der Waals surface area contributed by atoms with Gasteiger partial charge in [-0.25, -0.2) is 8.42 Å². The number of nitrogens with zero attached hydrogens (tertiary/aromatic N) is 1. The molecule has 0 spiro atoms. The number of benzene rings is 2. The lowest BCUT2D eigenvalue weighted by molar-refractivity contribution is -0.120. The molecule has 0 fully saturated rings. The number of hydrogen-bond acceptors (Lipinski definition) is 3. The Morgan fingerprint density at radius 2 is 1.70 bits per heavy atom. The molecule has 2 rings (SSSR count). The summed E-state index contributed by atoms with van der Waals surface area (Å²) in [4.78, 5) is 12.6. The van der Waals surface area contributed by atoms with Gasteiger partial charge in [-0.2, -0.15) is 0 Å². The molecule has 0 saturated heterocycles. The van der Waals surface area contributed by atoms with Crippen LogP contribution in [0.3, 0.4) is 0 Å². The molecule has 1 atom stereocenters. The van der Waals surface area contributed by atoms with Gasteiger partial charge in [-0.3, -0.25) is 9.10 Å². The van der Waals surface area contributed by atoms with Crippen molar-refractivity contribution in [3.05, 3.63) is 63.7 Å². The summed E-state index contributed by atoms with van der Waals surface area (Å²) in [6.07, 6.45) is 1.08. The molecule has 0 aliphatic heterocycles. The van der Waals surface area contributed by atoms with Crippen LogP contribution < -0.4 is 9.62 Å². The summed E-state index contributed by atoms with van der Waals surface area (Å²) in [5.74, 6) is -0.384. The van der Waals surface area contributed by atoms with Gasteiger partial charge in [0.2, 0.25) is 15.9 Å².